The number of ether oxygens (including phenoxy) is 1. The molecule has 6 nitrogen and oxygen atoms in total. The lowest BCUT2D eigenvalue weighted by Gasteiger charge is -2.49. The van der Waals surface area contributed by atoms with Crippen molar-refractivity contribution >= 4 is 22.4 Å². The first kappa shape index (κ1) is 17.2. The first-order valence-corrected chi connectivity index (χ1v) is 10.3. The zero-order chi connectivity index (χ0) is 17.3. The van der Waals surface area contributed by atoms with Gasteiger partial charge in [0.05, 0.1) is 18.6 Å². The Morgan fingerprint density at radius 3 is 2.92 bits per heavy atom. The van der Waals surface area contributed by atoms with E-state index >= 15 is 0 Å². The van der Waals surface area contributed by atoms with Crippen molar-refractivity contribution < 1.29 is 9.53 Å². The Morgan fingerprint density at radius 1 is 1.32 bits per heavy atom. The van der Waals surface area contributed by atoms with Crippen molar-refractivity contribution in [2.24, 2.45) is 5.41 Å². The van der Waals surface area contributed by atoms with Crippen LogP contribution in [-0.4, -0.2) is 61.2 Å². The molecule has 0 aliphatic carbocycles. The quantitative estimate of drug-likeness (QED) is 0.887. The maximum Gasteiger partial charge on any atom is 0.227 e. The molecular weight excluding hydrogens is 336 g/mol. The summed E-state index contributed by atoms with van der Waals surface area (Å²) in [5.74, 6) is 0.272. The van der Waals surface area contributed by atoms with Gasteiger partial charge in [0, 0.05) is 43.3 Å². The molecule has 4 rings (SSSR count). The monoisotopic (exact) mass is 364 g/mol. The highest BCUT2D eigenvalue weighted by atomic mass is 32.1. The number of amides is 1. The van der Waals surface area contributed by atoms with Crippen LogP contribution in [0, 0.1) is 5.41 Å². The van der Waals surface area contributed by atoms with Crippen molar-refractivity contribution in [3.05, 3.63) is 11.1 Å². The number of anilines is 1. The van der Waals surface area contributed by atoms with Crippen molar-refractivity contribution in [1.29, 1.82) is 0 Å². The summed E-state index contributed by atoms with van der Waals surface area (Å²) in [6.45, 7) is 8.48. The van der Waals surface area contributed by atoms with Gasteiger partial charge in [-0.1, -0.05) is 0 Å². The van der Waals surface area contributed by atoms with Crippen LogP contribution in [0.25, 0.3) is 0 Å². The van der Waals surface area contributed by atoms with Crippen LogP contribution in [-0.2, 0) is 16.1 Å². The molecule has 2 atom stereocenters. The van der Waals surface area contributed by atoms with Gasteiger partial charge >= 0.3 is 0 Å². The van der Waals surface area contributed by atoms with Crippen LogP contribution in [0.2, 0.25) is 0 Å². The minimum absolute atomic E-state index is 0.186. The number of piperidine rings is 2. The maximum absolute atomic E-state index is 12.6. The number of morpholine rings is 1. The van der Waals surface area contributed by atoms with Crippen LogP contribution in [0.15, 0.2) is 6.20 Å². The number of likely N-dealkylation sites (tertiary alicyclic amines) is 1. The number of aromatic nitrogens is 1. The fraction of sp³-hybridized carbons (Fsp3) is 0.778. The average molecular weight is 365 g/mol. The Balaban J connectivity index is 1.45. The molecule has 7 heteroatoms. The van der Waals surface area contributed by atoms with Gasteiger partial charge in [0.1, 0.15) is 0 Å². The molecule has 3 saturated heterocycles. The Hall–Kier alpha value is -1.18. The van der Waals surface area contributed by atoms with Crippen molar-refractivity contribution in [1.82, 2.24) is 15.2 Å². The number of nitrogens with zero attached hydrogens (tertiary/aromatic N) is 3. The van der Waals surface area contributed by atoms with Gasteiger partial charge in [0.25, 0.3) is 0 Å². The number of rotatable bonds is 3. The number of hydrogen-bond donors (Lipinski definition) is 1. The first-order chi connectivity index (χ1) is 12.2. The maximum atomic E-state index is 12.6. The number of nitrogens with one attached hydrogen (secondary N) is 1. The molecule has 0 saturated carbocycles. The molecule has 4 heterocycles. The molecule has 1 aromatic rings. The van der Waals surface area contributed by atoms with Gasteiger partial charge in [-0.05, 0) is 39.2 Å². The third-order valence-corrected chi connectivity index (χ3v) is 7.18. The molecule has 0 aromatic carbocycles. The molecule has 1 aromatic heterocycles. The average Bonchev–Trinajstić information content (AvgIpc) is 3.11. The Morgan fingerprint density at radius 2 is 2.12 bits per heavy atom. The van der Waals surface area contributed by atoms with Gasteiger partial charge in [-0.15, -0.1) is 11.3 Å². The predicted molar refractivity (Wildman–Crippen MR) is 98.9 cm³/mol. The molecule has 0 unspecified atom stereocenters. The highest BCUT2D eigenvalue weighted by Crippen LogP contribution is 2.42. The molecule has 1 N–H and O–H groups in total. The third kappa shape index (κ3) is 3.29. The first-order valence-electron chi connectivity index (χ1n) is 9.49. The molecule has 3 aliphatic rings. The number of hydrogen-bond acceptors (Lipinski definition) is 6. The SMILES string of the molecule is C[C@H]1N(Cc2cnc(N3CCOCC3)s2)CCC[C@@]12CCCNC2=O. The lowest BCUT2D eigenvalue weighted by atomic mass is 9.68. The van der Waals surface area contributed by atoms with Gasteiger partial charge in [-0.2, -0.15) is 0 Å². The third-order valence-electron chi connectivity index (χ3n) is 6.13. The second-order valence-electron chi connectivity index (χ2n) is 7.47. The molecule has 3 aliphatic heterocycles. The molecule has 3 fully saturated rings. The molecule has 1 amide bonds. The van der Waals surface area contributed by atoms with Crippen LogP contribution in [0.5, 0.6) is 0 Å². The Labute approximate surface area is 153 Å². The molecular formula is C18H28N4O2S. The fourth-order valence-electron chi connectivity index (χ4n) is 4.57. The van der Waals surface area contributed by atoms with E-state index in [1.807, 2.05) is 6.20 Å². The summed E-state index contributed by atoms with van der Waals surface area (Å²) >= 11 is 1.79. The zero-order valence-corrected chi connectivity index (χ0v) is 15.8. The van der Waals surface area contributed by atoms with Crippen molar-refractivity contribution in [3.63, 3.8) is 0 Å². The summed E-state index contributed by atoms with van der Waals surface area (Å²) < 4.78 is 5.43. The standard InChI is InChI=1S/C18H28N4O2S/c1-14-18(4-2-6-19-16(18)23)5-3-7-22(14)13-15-12-20-17(25-15)21-8-10-24-11-9-21/h12,14H,2-11,13H2,1H3,(H,19,23)/t14-,18+/m1/s1. The minimum atomic E-state index is -0.186. The van der Waals surface area contributed by atoms with Crippen LogP contribution < -0.4 is 10.2 Å². The van der Waals surface area contributed by atoms with Crippen LogP contribution >= 0.6 is 11.3 Å². The Bertz CT molecular complexity index is 612. The minimum Gasteiger partial charge on any atom is -0.378 e. The van der Waals surface area contributed by atoms with E-state index < -0.39 is 0 Å². The van der Waals surface area contributed by atoms with E-state index in [1.165, 1.54) is 4.88 Å². The highest BCUT2D eigenvalue weighted by molar-refractivity contribution is 7.15. The normalized spacial score (nSPS) is 31.3. The number of thiazole rings is 1. The zero-order valence-electron chi connectivity index (χ0n) is 15.0. The van der Waals surface area contributed by atoms with Gasteiger partial charge in [-0.3, -0.25) is 9.69 Å². The van der Waals surface area contributed by atoms with E-state index in [2.05, 4.69) is 27.0 Å². The summed E-state index contributed by atoms with van der Waals surface area (Å²) in [5, 5.41) is 4.22. The van der Waals surface area contributed by atoms with Gasteiger partial charge in [-0.25, -0.2) is 4.98 Å². The van der Waals surface area contributed by atoms with Crippen molar-refractivity contribution in [3.8, 4) is 0 Å². The number of carbonyl (C=O) groups is 1. The second-order valence-corrected chi connectivity index (χ2v) is 8.57. The molecule has 0 bridgehead atoms. The topological polar surface area (TPSA) is 57.7 Å². The van der Waals surface area contributed by atoms with Crippen molar-refractivity contribution in [2.75, 3.05) is 44.3 Å². The molecule has 1 spiro atoms. The summed E-state index contributed by atoms with van der Waals surface area (Å²) in [4.78, 5) is 23.4. The summed E-state index contributed by atoms with van der Waals surface area (Å²) in [6.07, 6.45) is 6.28. The van der Waals surface area contributed by atoms with Crippen LogP contribution in [0.4, 0.5) is 5.13 Å². The molecule has 25 heavy (non-hydrogen) atoms. The van der Waals surface area contributed by atoms with Gasteiger partial charge < -0.3 is 15.0 Å². The smallest absolute Gasteiger partial charge is 0.227 e. The van der Waals surface area contributed by atoms with E-state index in [4.69, 9.17) is 4.74 Å². The lowest BCUT2D eigenvalue weighted by Crippen LogP contribution is -2.59. The van der Waals surface area contributed by atoms with E-state index in [-0.39, 0.29) is 17.4 Å². The van der Waals surface area contributed by atoms with E-state index in [9.17, 15) is 4.79 Å². The van der Waals surface area contributed by atoms with Crippen LogP contribution in [0.1, 0.15) is 37.5 Å². The van der Waals surface area contributed by atoms with Crippen molar-refractivity contribution in [2.45, 2.75) is 45.2 Å². The molecule has 0 radical (unpaired) electrons. The predicted octanol–water partition coefficient (Wildman–Crippen LogP) is 1.86. The number of carbonyl (C=O) groups excluding carboxylic acids is 1. The van der Waals surface area contributed by atoms with E-state index in [1.54, 1.807) is 11.3 Å². The Kier molecular flexibility index (Phi) is 4.97. The van der Waals surface area contributed by atoms with Gasteiger partial charge in [0.15, 0.2) is 5.13 Å². The van der Waals surface area contributed by atoms with Crippen LogP contribution in [0.3, 0.4) is 0 Å². The molecule has 138 valence electrons. The van der Waals surface area contributed by atoms with E-state index in [0.29, 0.717) is 0 Å². The highest BCUT2D eigenvalue weighted by Gasteiger charge is 2.48. The largest absolute Gasteiger partial charge is 0.378 e. The van der Waals surface area contributed by atoms with Gasteiger partial charge in [0.2, 0.25) is 5.91 Å². The summed E-state index contributed by atoms with van der Waals surface area (Å²) in [5.41, 5.74) is -0.186. The van der Waals surface area contributed by atoms with E-state index in [0.717, 1.165) is 76.8 Å². The lowest BCUT2D eigenvalue weighted by molar-refractivity contribution is -0.142. The second kappa shape index (κ2) is 7.21. The fourth-order valence-corrected chi connectivity index (χ4v) is 5.56. The summed E-state index contributed by atoms with van der Waals surface area (Å²) in [7, 11) is 0. The summed E-state index contributed by atoms with van der Waals surface area (Å²) in [6, 6.07) is 0.287.